The predicted molar refractivity (Wildman–Crippen MR) is 104 cm³/mol. The van der Waals surface area contributed by atoms with Gasteiger partial charge in [-0.3, -0.25) is 9.59 Å². The molecule has 140 valence electrons. The van der Waals surface area contributed by atoms with Crippen LogP contribution in [-0.4, -0.2) is 30.3 Å². The summed E-state index contributed by atoms with van der Waals surface area (Å²) in [5.74, 6) is 2.31. The van der Waals surface area contributed by atoms with Gasteiger partial charge in [0.2, 0.25) is 11.8 Å². The summed E-state index contributed by atoms with van der Waals surface area (Å²) in [6.07, 6.45) is 7.07. The average molecular weight is 419 g/mol. The van der Waals surface area contributed by atoms with Crippen molar-refractivity contribution >= 4 is 27.7 Å². The number of likely N-dealkylation sites (N-methyl/N-ethyl adjacent to an activating group) is 1. The number of hydrogen-bond donors (Lipinski definition) is 1. The number of nitrogens with zero attached hydrogens (tertiary/aromatic N) is 1. The predicted octanol–water partition coefficient (Wildman–Crippen LogP) is 3.74. The van der Waals surface area contributed by atoms with Crippen LogP contribution in [-0.2, 0) is 16.1 Å². The lowest BCUT2D eigenvalue weighted by molar-refractivity contribution is -0.147. The number of benzene rings is 1. The third kappa shape index (κ3) is 3.55. The third-order valence-corrected chi connectivity index (χ3v) is 7.21. The zero-order valence-corrected chi connectivity index (χ0v) is 16.9. The van der Waals surface area contributed by atoms with Crippen molar-refractivity contribution in [3.05, 3.63) is 34.3 Å². The molecule has 5 rings (SSSR count). The summed E-state index contributed by atoms with van der Waals surface area (Å²) in [6.45, 7) is 0.660. The molecule has 5 heteroatoms. The second kappa shape index (κ2) is 6.99. The summed E-state index contributed by atoms with van der Waals surface area (Å²) in [5.41, 5.74) is 0.899. The molecule has 0 atom stereocenters. The molecule has 4 fully saturated rings. The van der Waals surface area contributed by atoms with E-state index in [4.69, 9.17) is 0 Å². The first-order valence-corrected chi connectivity index (χ1v) is 10.5. The molecule has 0 saturated heterocycles. The molecule has 0 spiro atoms. The Morgan fingerprint density at radius 2 is 1.62 bits per heavy atom. The lowest BCUT2D eigenvalue weighted by Gasteiger charge is -2.55. The molecule has 0 heterocycles. The maximum atomic E-state index is 12.9. The second-order valence-corrected chi connectivity index (χ2v) is 9.67. The summed E-state index contributed by atoms with van der Waals surface area (Å²) in [4.78, 5) is 27.1. The molecule has 4 aliphatic carbocycles. The van der Waals surface area contributed by atoms with Gasteiger partial charge in [-0.15, -0.1) is 0 Å². The lowest BCUT2D eigenvalue weighted by atomic mass is 9.49. The number of halogens is 1. The van der Waals surface area contributed by atoms with Crippen LogP contribution in [0.25, 0.3) is 0 Å². The molecular weight excluding hydrogens is 392 g/mol. The fourth-order valence-electron chi connectivity index (χ4n) is 5.82. The highest BCUT2D eigenvalue weighted by atomic mass is 79.9. The number of carbonyl (C=O) groups excluding carboxylic acids is 2. The smallest absolute Gasteiger partial charge is 0.242 e. The van der Waals surface area contributed by atoms with E-state index < -0.39 is 0 Å². The van der Waals surface area contributed by atoms with Gasteiger partial charge in [-0.05, 0) is 74.0 Å². The molecule has 4 bridgehead atoms. The first kappa shape index (κ1) is 18.0. The van der Waals surface area contributed by atoms with Crippen molar-refractivity contribution in [3.63, 3.8) is 0 Å². The Kier molecular flexibility index (Phi) is 4.84. The van der Waals surface area contributed by atoms with Gasteiger partial charge >= 0.3 is 0 Å². The van der Waals surface area contributed by atoms with E-state index in [1.807, 2.05) is 24.3 Å². The fraction of sp³-hybridized carbons (Fsp3) is 0.619. The number of carbonyl (C=O) groups is 2. The van der Waals surface area contributed by atoms with Crippen molar-refractivity contribution < 1.29 is 9.59 Å². The minimum atomic E-state index is -0.181. The van der Waals surface area contributed by atoms with Crippen LogP contribution in [0.15, 0.2) is 28.7 Å². The zero-order valence-electron chi connectivity index (χ0n) is 15.3. The SMILES string of the molecule is CN(Cc1ccc(Br)cc1)C(=O)CNC(=O)C12CC3CC(CC(C3)C1)C2. The number of amides is 2. The minimum absolute atomic E-state index is 0.0361. The van der Waals surface area contributed by atoms with E-state index in [2.05, 4.69) is 21.2 Å². The van der Waals surface area contributed by atoms with Gasteiger partial charge in [0, 0.05) is 23.5 Å². The van der Waals surface area contributed by atoms with Gasteiger partial charge in [0.05, 0.1) is 6.54 Å². The van der Waals surface area contributed by atoms with Crippen LogP contribution in [0.2, 0.25) is 0 Å². The Balaban J connectivity index is 1.31. The maximum absolute atomic E-state index is 12.9. The normalized spacial score (nSPS) is 31.7. The van der Waals surface area contributed by atoms with Crippen LogP contribution in [0.5, 0.6) is 0 Å². The van der Waals surface area contributed by atoms with Crippen LogP contribution in [0.1, 0.15) is 44.1 Å². The molecule has 0 radical (unpaired) electrons. The highest BCUT2D eigenvalue weighted by Crippen LogP contribution is 2.60. The van der Waals surface area contributed by atoms with E-state index in [1.54, 1.807) is 11.9 Å². The van der Waals surface area contributed by atoms with Gasteiger partial charge in [-0.2, -0.15) is 0 Å². The van der Waals surface area contributed by atoms with Gasteiger partial charge in [-0.25, -0.2) is 0 Å². The van der Waals surface area contributed by atoms with Crippen molar-refractivity contribution in [1.29, 1.82) is 0 Å². The third-order valence-electron chi connectivity index (χ3n) is 6.68. The Morgan fingerprint density at radius 1 is 1.08 bits per heavy atom. The molecule has 2 amide bonds. The summed E-state index contributed by atoms with van der Waals surface area (Å²) in [6, 6.07) is 7.95. The van der Waals surface area contributed by atoms with Crippen LogP contribution in [0.3, 0.4) is 0 Å². The van der Waals surface area contributed by atoms with Gasteiger partial charge in [0.25, 0.3) is 0 Å². The zero-order chi connectivity index (χ0) is 18.3. The van der Waals surface area contributed by atoms with E-state index in [0.717, 1.165) is 47.1 Å². The van der Waals surface area contributed by atoms with E-state index in [1.165, 1.54) is 19.3 Å². The molecule has 4 aliphatic rings. The molecule has 1 aromatic carbocycles. The first-order chi connectivity index (χ1) is 12.4. The quantitative estimate of drug-likeness (QED) is 0.791. The minimum Gasteiger partial charge on any atom is -0.347 e. The fourth-order valence-corrected chi connectivity index (χ4v) is 6.08. The molecule has 1 aromatic rings. The Hall–Kier alpha value is -1.36. The standard InChI is InChI=1S/C21H27BrN2O2/c1-24(13-14-2-4-18(22)5-3-14)19(25)12-23-20(26)21-9-15-6-16(10-21)8-17(7-15)11-21/h2-5,15-17H,6-13H2,1H3,(H,23,26). The van der Waals surface area contributed by atoms with Crippen LogP contribution >= 0.6 is 15.9 Å². The van der Waals surface area contributed by atoms with E-state index in [0.29, 0.717) is 6.54 Å². The van der Waals surface area contributed by atoms with Gasteiger partial charge in [0.1, 0.15) is 0 Å². The molecule has 4 saturated carbocycles. The van der Waals surface area contributed by atoms with Crippen molar-refractivity contribution in [2.45, 2.75) is 45.1 Å². The summed E-state index contributed by atoms with van der Waals surface area (Å²) in [5, 5.41) is 2.98. The van der Waals surface area contributed by atoms with Gasteiger partial charge in [0.15, 0.2) is 0 Å². The number of hydrogen-bond acceptors (Lipinski definition) is 2. The summed E-state index contributed by atoms with van der Waals surface area (Å²) >= 11 is 3.42. The Bertz CT molecular complexity index is 665. The van der Waals surface area contributed by atoms with Gasteiger partial charge < -0.3 is 10.2 Å². The molecule has 26 heavy (non-hydrogen) atoms. The molecule has 4 nitrogen and oxygen atoms in total. The van der Waals surface area contributed by atoms with Crippen LogP contribution in [0.4, 0.5) is 0 Å². The van der Waals surface area contributed by atoms with Crippen molar-refractivity contribution in [1.82, 2.24) is 10.2 Å². The number of nitrogens with one attached hydrogen (secondary N) is 1. The Morgan fingerprint density at radius 3 is 2.15 bits per heavy atom. The number of rotatable bonds is 5. The van der Waals surface area contributed by atoms with Crippen LogP contribution < -0.4 is 5.32 Å². The molecule has 0 aliphatic heterocycles. The lowest BCUT2D eigenvalue weighted by Crippen LogP contribution is -2.54. The average Bonchev–Trinajstić information content (AvgIpc) is 2.60. The van der Waals surface area contributed by atoms with Crippen molar-refractivity contribution in [2.75, 3.05) is 13.6 Å². The topological polar surface area (TPSA) is 49.4 Å². The largest absolute Gasteiger partial charge is 0.347 e. The maximum Gasteiger partial charge on any atom is 0.242 e. The Labute approximate surface area is 163 Å². The molecule has 0 aromatic heterocycles. The molecule has 1 N–H and O–H groups in total. The molecular formula is C21H27BrN2O2. The van der Waals surface area contributed by atoms with Crippen molar-refractivity contribution in [2.24, 2.45) is 23.2 Å². The highest BCUT2D eigenvalue weighted by molar-refractivity contribution is 9.10. The van der Waals surface area contributed by atoms with Crippen molar-refractivity contribution in [3.8, 4) is 0 Å². The summed E-state index contributed by atoms with van der Waals surface area (Å²) in [7, 11) is 1.79. The van der Waals surface area contributed by atoms with E-state index in [-0.39, 0.29) is 23.8 Å². The van der Waals surface area contributed by atoms with Gasteiger partial charge in [-0.1, -0.05) is 28.1 Å². The monoisotopic (exact) mass is 418 g/mol. The highest BCUT2D eigenvalue weighted by Gasteiger charge is 2.54. The van der Waals surface area contributed by atoms with E-state index >= 15 is 0 Å². The second-order valence-electron chi connectivity index (χ2n) is 8.76. The van der Waals surface area contributed by atoms with Crippen LogP contribution in [0, 0.1) is 23.2 Å². The molecule has 0 unspecified atom stereocenters. The van der Waals surface area contributed by atoms with E-state index in [9.17, 15) is 9.59 Å². The first-order valence-electron chi connectivity index (χ1n) is 9.70. The summed E-state index contributed by atoms with van der Waals surface area (Å²) < 4.78 is 1.03.